The molecule has 1 fully saturated rings. The molecule has 0 radical (unpaired) electrons. The van der Waals surface area contributed by atoms with E-state index in [1.165, 1.54) is 0 Å². The fraction of sp³-hybridized carbons (Fsp3) is 0.375. The molecule has 1 atom stereocenters. The molecule has 0 aliphatic carbocycles. The van der Waals surface area contributed by atoms with Crippen LogP contribution in [0.5, 0.6) is 0 Å². The van der Waals surface area contributed by atoms with Gasteiger partial charge in [0.15, 0.2) is 5.65 Å². The lowest BCUT2D eigenvalue weighted by Crippen LogP contribution is -2.08. The van der Waals surface area contributed by atoms with E-state index in [2.05, 4.69) is 16.2 Å². The third-order valence-corrected chi connectivity index (χ3v) is 4.79. The third kappa shape index (κ3) is 2.52. The molecule has 4 heterocycles. The highest BCUT2D eigenvalue weighted by atomic mass is 15.3. The second-order valence-corrected chi connectivity index (χ2v) is 6.58. The first-order chi connectivity index (χ1) is 11.6. The Morgan fingerprint density at radius 1 is 1.42 bits per heavy atom. The minimum absolute atomic E-state index is 0.192. The number of rotatable bonds is 3. The molecule has 1 saturated heterocycles. The van der Waals surface area contributed by atoms with Crippen molar-refractivity contribution in [3.63, 3.8) is 0 Å². The number of anilines is 1. The summed E-state index contributed by atoms with van der Waals surface area (Å²) in [7, 11) is 1.88. The zero-order valence-electron chi connectivity index (χ0n) is 13.6. The summed E-state index contributed by atoms with van der Waals surface area (Å²) in [6.07, 6.45) is 9.41. The number of nitriles is 1. The van der Waals surface area contributed by atoms with Gasteiger partial charge in [0.2, 0.25) is 0 Å². The number of aryl methyl sites for hydroxylation is 1. The highest BCUT2D eigenvalue weighted by Gasteiger charge is 2.28. The standard InChI is InChI=1S/C16H18BN7/c1-23-9-12(7-20-23)14-8-21-24-15(19)5-13(22-16(14)24)4-11-2-3-17(6-11)10-18/h5,7-9,11H,2-4,6,19H2,1H3. The van der Waals surface area contributed by atoms with Crippen molar-refractivity contribution in [1.82, 2.24) is 24.4 Å². The van der Waals surface area contributed by atoms with Crippen molar-refractivity contribution in [1.29, 1.82) is 5.26 Å². The maximum absolute atomic E-state index is 9.07. The van der Waals surface area contributed by atoms with Gasteiger partial charge in [-0.2, -0.15) is 14.7 Å². The van der Waals surface area contributed by atoms with E-state index in [0.717, 1.165) is 47.9 Å². The number of aromatic nitrogens is 5. The molecule has 1 unspecified atom stereocenters. The summed E-state index contributed by atoms with van der Waals surface area (Å²) in [5, 5.41) is 17.6. The summed E-state index contributed by atoms with van der Waals surface area (Å²) in [5.74, 6) is 3.47. The smallest absolute Gasteiger partial charge is 0.268 e. The number of nitrogens with two attached hydrogens (primary N) is 1. The third-order valence-electron chi connectivity index (χ3n) is 4.79. The SMILES string of the molecule is Cn1cc(-c2cnn3c(N)cc(CC4CCB(C#N)C4)nc23)cn1. The second-order valence-electron chi connectivity index (χ2n) is 6.58. The average molecular weight is 319 g/mol. The zero-order chi connectivity index (χ0) is 16.7. The van der Waals surface area contributed by atoms with E-state index in [-0.39, 0.29) is 6.71 Å². The van der Waals surface area contributed by atoms with Gasteiger partial charge in [0, 0.05) is 42.1 Å². The Morgan fingerprint density at radius 2 is 2.29 bits per heavy atom. The molecule has 4 rings (SSSR count). The number of nitrogens with zero attached hydrogens (tertiary/aromatic N) is 6. The minimum Gasteiger partial charge on any atom is -0.384 e. The molecule has 1 aliphatic heterocycles. The van der Waals surface area contributed by atoms with Crippen molar-refractivity contribution in [2.75, 3.05) is 5.73 Å². The topological polar surface area (TPSA) is 97.8 Å². The summed E-state index contributed by atoms with van der Waals surface area (Å²) < 4.78 is 3.42. The van der Waals surface area contributed by atoms with E-state index in [4.69, 9.17) is 16.0 Å². The van der Waals surface area contributed by atoms with E-state index in [1.54, 1.807) is 21.6 Å². The first-order valence-electron chi connectivity index (χ1n) is 8.16. The highest BCUT2D eigenvalue weighted by Crippen LogP contribution is 2.30. The van der Waals surface area contributed by atoms with Crippen LogP contribution in [0.1, 0.15) is 12.1 Å². The van der Waals surface area contributed by atoms with Gasteiger partial charge in [0.05, 0.1) is 12.4 Å². The molecule has 24 heavy (non-hydrogen) atoms. The van der Waals surface area contributed by atoms with Crippen LogP contribution in [0.25, 0.3) is 16.8 Å². The fourth-order valence-corrected chi connectivity index (χ4v) is 3.58. The Bertz CT molecular complexity index is 936. The molecule has 0 spiro atoms. The molecular weight excluding hydrogens is 301 g/mol. The molecule has 0 amide bonds. The quantitative estimate of drug-likeness (QED) is 0.743. The number of fused-ring (bicyclic) bond motifs is 1. The summed E-state index contributed by atoms with van der Waals surface area (Å²) >= 11 is 0. The molecule has 2 N–H and O–H groups in total. The zero-order valence-corrected chi connectivity index (χ0v) is 13.6. The van der Waals surface area contributed by atoms with E-state index in [9.17, 15) is 0 Å². The monoisotopic (exact) mass is 319 g/mol. The van der Waals surface area contributed by atoms with E-state index in [0.29, 0.717) is 11.7 Å². The van der Waals surface area contributed by atoms with Gasteiger partial charge in [-0.05, 0) is 12.3 Å². The van der Waals surface area contributed by atoms with Crippen LogP contribution in [-0.4, -0.2) is 31.1 Å². The molecule has 0 aromatic carbocycles. The Balaban J connectivity index is 1.69. The van der Waals surface area contributed by atoms with E-state index < -0.39 is 0 Å². The Morgan fingerprint density at radius 3 is 3.00 bits per heavy atom. The van der Waals surface area contributed by atoms with Crippen LogP contribution in [0, 0.1) is 17.1 Å². The van der Waals surface area contributed by atoms with Crippen LogP contribution < -0.4 is 5.73 Å². The molecule has 0 bridgehead atoms. The van der Waals surface area contributed by atoms with Gasteiger partial charge in [0.1, 0.15) is 5.82 Å². The van der Waals surface area contributed by atoms with Gasteiger partial charge in [-0.15, -0.1) is 0 Å². The van der Waals surface area contributed by atoms with Crippen LogP contribution in [0.3, 0.4) is 0 Å². The fourth-order valence-electron chi connectivity index (χ4n) is 3.58. The summed E-state index contributed by atoms with van der Waals surface area (Å²) in [6.45, 7) is 0.192. The van der Waals surface area contributed by atoms with Gasteiger partial charge >= 0.3 is 0 Å². The Kier molecular flexibility index (Phi) is 3.49. The summed E-state index contributed by atoms with van der Waals surface area (Å²) in [5.41, 5.74) is 9.80. The van der Waals surface area contributed by atoms with Crippen LogP contribution in [0.4, 0.5) is 5.82 Å². The molecule has 7 nitrogen and oxygen atoms in total. The van der Waals surface area contributed by atoms with Crippen LogP contribution in [0.15, 0.2) is 24.7 Å². The number of hydrogen-bond donors (Lipinski definition) is 1. The van der Waals surface area contributed by atoms with Crippen LogP contribution >= 0.6 is 0 Å². The Hall–Kier alpha value is -2.82. The normalized spacial score (nSPS) is 17.5. The molecular formula is C16H18BN7. The van der Waals surface area contributed by atoms with Crippen molar-refractivity contribution in [2.24, 2.45) is 13.0 Å². The predicted octanol–water partition coefficient (Wildman–Crippen LogP) is 1.83. The average Bonchev–Trinajstić information content (AvgIpc) is 3.26. The van der Waals surface area contributed by atoms with Crippen molar-refractivity contribution < 1.29 is 0 Å². The van der Waals surface area contributed by atoms with Crippen molar-refractivity contribution in [3.05, 3.63) is 30.4 Å². The number of nitrogen functional groups attached to an aromatic ring is 1. The maximum atomic E-state index is 9.07. The highest BCUT2D eigenvalue weighted by molar-refractivity contribution is 6.67. The molecule has 3 aromatic heterocycles. The van der Waals surface area contributed by atoms with Crippen LogP contribution in [0.2, 0.25) is 12.6 Å². The van der Waals surface area contributed by atoms with E-state index in [1.807, 2.05) is 19.3 Å². The van der Waals surface area contributed by atoms with Crippen molar-refractivity contribution in [3.8, 4) is 17.1 Å². The maximum Gasteiger partial charge on any atom is 0.268 e. The Labute approximate surface area is 140 Å². The minimum atomic E-state index is 0.192. The summed E-state index contributed by atoms with van der Waals surface area (Å²) in [4.78, 5) is 4.80. The molecule has 8 heteroatoms. The van der Waals surface area contributed by atoms with Gasteiger partial charge in [-0.25, -0.2) is 10.2 Å². The van der Waals surface area contributed by atoms with Crippen molar-refractivity contribution >= 4 is 18.2 Å². The molecule has 120 valence electrons. The van der Waals surface area contributed by atoms with Gasteiger partial charge in [-0.3, -0.25) is 4.68 Å². The van der Waals surface area contributed by atoms with Crippen molar-refractivity contribution in [2.45, 2.75) is 25.5 Å². The number of hydrogen-bond acceptors (Lipinski definition) is 5. The van der Waals surface area contributed by atoms with E-state index >= 15 is 0 Å². The van der Waals surface area contributed by atoms with Gasteiger partial charge < -0.3 is 5.73 Å². The largest absolute Gasteiger partial charge is 0.384 e. The lowest BCUT2D eigenvalue weighted by atomic mass is 9.50. The summed E-state index contributed by atoms with van der Waals surface area (Å²) in [6, 6.07) is 1.90. The molecule has 3 aromatic rings. The lowest BCUT2D eigenvalue weighted by molar-refractivity contribution is 0.578. The molecule has 1 aliphatic rings. The van der Waals surface area contributed by atoms with Gasteiger partial charge in [0.25, 0.3) is 6.71 Å². The predicted molar refractivity (Wildman–Crippen MR) is 92.4 cm³/mol. The first-order valence-corrected chi connectivity index (χ1v) is 8.16. The first kappa shape index (κ1) is 14.8. The second kappa shape index (κ2) is 5.67. The van der Waals surface area contributed by atoms with Gasteiger partial charge in [-0.1, -0.05) is 19.1 Å². The lowest BCUT2D eigenvalue weighted by Gasteiger charge is -2.10. The molecule has 0 saturated carbocycles. The van der Waals surface area contributed by atoms with Crippen LogP contribution in [-0.2, 0) is 13.5 Å².